The summed E-state index contributed by atoms with van der Waals surface area (Å²) in [6, 6.07) is 7.60. The van der Waals surface area contributed by atoms with E-state index in [4.69, 9.17) is 14.9 Å². The molecule has 0 aliphatic heterocycles. The summed E-state index contributed by atoms with van der Waals surface area (Å²) in [6.07, 6.45) is 0.438. The van der Waals surface area contributed by atoms with Crippen molar-refractivity contribution in [1.29, 1.82) is 0 Å². The van der Waals surface area contributed by atoms with Crippen molar-refractivity contribution in [2.75, 3.05) is 7.11 Å². The van der Waals surface area contributed by atoms with E-state index in [9.17, 15) is 4.79 Å². The van der Waals surface area contributed by atoms with Gasteiger partial charge in [0.2, 0.25) is 0 Å². The van der Waals surface area contributed by atoms with Gasteiger partial charge in [0, 0.05) is 0 Å². The lowest BCUT2D eigenvalue weighted by atomic mass is 10.1. The number of aryl methyl sites for hydroxylation is 1. The van der Waals surface area contributed by atoms with Gasteiger partial charge in [-0.2, -0.15) is 0 Å². The Morgan fingerprint density at radius 1 is 1.38 bits per heavy atom. The van der Waals surface area contributed by atoms with E-state index in [0.29, 0.717) is 6.42 Å². The molecule has 0 fully saturated rings. The van der Waals surface area contributed by atoms with Crippen LogP contribution in [0.1, 0.15) is 18.4 Å². The molecule has 0 saturated heterocycles. The van der Waals surface area contributed by atoms with Gasteiger partial charge in [-0.1, -0.05) is 12.1 Å². The minimum absolute atomic E-state index is 0.279. The van der Waals surface area contributed by atoms with Crippen molar-refractivity contribution < 1.29 is 19.7 Å². The molecule has 16 heavy (non-hydrogen) atoms. The highest BCUT2D eigenvalue weighted by molar-refractivity contribution is 5.71. The van der Waals surface area contributed by atoms with Crippen LogP contribution in [0, 0.1) is 0 Å². The van der Waals surface area contributed by atoms with Gasteiger partial charge in [0.15, 0.2) is 6.10 Å². The molecule has 0 bridgehead atoms. The first kappa shape index (κ1) is 12.5. The average molecular weight is 224 g/mol. The van der Waals surface area contributed by atoms with E-state index in [1.165, 1.54) is 0 Å². The molecule has 1 aromatic rings. The van der Waals surface area contributed by atoms with Gasteiger partial charge in [-0.3, -0.25) is 0 Å². The maximum atomic E-state index is 10.4. The number of ether oxygens (including phenoxy) is 1. The summed E-state index contributed by atoms with van der Waals surface area (Å²) in [7, 11) is 1.61. The molecular formula is C12H16O4. The minimum atomic E-state index is -1.25. The highest BCUT2D eigenvalue weighted by Crippen LogP contribution is 2.13. The third kappa shape index (κ3) is 3.90. The number of methoxy groups -OCH3 is 1. The molecule has 88 valence electrons. The summed E-state index contributed by atoms with van der Waals surface area (Å²) in [5.74, 6) is -0.357. The van der Waals surface area contributed by atoms with Crippen LogP contribution in [-0.4, -0.2) is 29.4 Å². The van der Waals surface area contributed by atoms with Crippen molar-refractivity contribution in [2.45, 2.75) is 25.4 Å². The molecule has 2 N–H and O–H groups in total. The Bertz CT molecular complexity index is 331. The molecule has 0 spiro atoms. The number of carboxylic acid groups (broad SMARTS) is 1. The minimum Gasteiger partial charge on any atom is -0.497 e. The van der Waals surface area contributed by atoms with Gasteiger partial charge < -0.3 is 14.9 Å². The van der Waals surface area contributed by atoms with Crippen molar-refractivity contribution in [3.05, 3.63) is 29.8 Å². The second-order valence-electron chi connectivity index (χ2n) is 3.59. The van der Waals surface area contributed by atoms with Crippen LogP contribution >= 0.6 is 0 Å². The third-order valence-electron chi connectivity index (χ3n) is 2.39. The Balaban J connectivity index is 2.34. The third-order valence-corrected chi connectivity index (χ3v) is 2.39. The van der Waals surface area contributed by atoms with Gasteiger partial charge in [0.25, 0.3) is 0 Å². The molecule has 0 amide bonds. The summed E-state index contributed by atoms with van der Waals surface area (Å²) in [5, 5.41) is 17.5. The average Bonchev–Trinajstić information content (AvgIpc) is 2.29. The van der Waals surface area contributed by atoms with Gasteiger partial charge in [-0.25, -0.2) is 4.79 Å². The molecular weight excluding hydrogens is 208 g/mol. The van der Waals surface area contributed by atoms with Crippen LogP contribution in [0.5, 0.6) is 5.75 Å². The Hall–Kier alpha value is -1.55. The smallest absolute Gasteiger partial charge is 0.332 e. The van der Waals surface area contributed by atoms with Crippen molar-refractivity contribution in [2.24, 2.45) is 0 Å². The Morgan fingerprint density at radius 2 is 2.00 bits per heavy atom. The summed E-state index contributed by atoms with van der Waals surface area (Å²) >= 11 is 0. The van der Waals surface area contributed by atoms with E-state index in [1.807, 2.05) is 24.3 Å². The maximum absolute atomic E-state index is 10.4. The fraction of sp³-hybridized carbons (Fsp3) is 0.417. The lowest BCUT2D eigenvalue weighted by molar-refractivity contribution is -0.146. The van der Waals surface area contributed by atoms with Crippen LogP contribution in [0.25, 0.3) is 0 Å². The molecule has 0 heterocycles. The maximum Gasteiger partial charge on any atom is 0.332 e. The van der Waals surface area contributed by atoms with Gasteiger partial charge in [-0.15, -0.1) is 0 Å². The second kappa shape index (κ2) is 6.12. The van der Waals surface area contributed by atoms with Crippen molar-refractivity contribution in [3.63, 3.8) is 0 Å². The summed E-state index contributed by atoms with van der Waals surface area (Å²) < 4.78 is 5.03. The predicted molar refractivity (Wildman–Crippen MR) is 59.6 cm³/mol. The van der Waals surface area contributed by atoms with Gasteiger partial charge in [-0.05, 0) is 37.0 Å². The van der Waals surface area contributed by atoms with Crippen LogP contribution in [0.4, 0.5) is 0 Å². The highest BCUT2D eigenvalue weighted by Gasteiger charge is 2.11. The molecule has 1 atom stereocenters. The number of aliphatic hydroxyl groups is 1. The van der Waals surface area contributed by atoms with Crippen molar-refractivity contribution in [1.82, 2.24) is 0 Å². The molecule has 0 aliphatic carbocycles. The first-order chi connectivity index (χ1) is 7.63. The summed E-state index contributed by atoms with van der Waals surface area (Å²) in [4.78, 5) is 10.4. The number of carboxylic acids is 1. The first-order valence-corrected chi connectivity index (χ1v) is 5.17. The standard InChI is InChI=1S/C12H16O4/c1-16-10-7-5-9(6-8-10)3-2-4-11(13)12(14)15/h5-8,11,13H,2-4H2,1H3,(H,14,15). The number of hydrogen-bond acceptors (Lipinski definition) is 3. The fourth-order valence-corrected chi connectivity index (χ4v) is 1.42. The van der Waals surface area contributed by atoms with Gasteiger partial charge in [0.05, 0.1) is 7.11 Å². The lowest BCUT2D eigenvalue weighted by Gasteiger charge is -2.05. The predicted octanol–water partition coefficient (Wildman–Crippen LogP) is 1.46. The zero-order valence-electron chi connectivity index (χ0n) is 9.22. The van der Waals surface area contributed by atoms with E-state index < -0.39 is 12.1 Å². The first-order valence-electron chi connectivity index (χ1n) is 5.17. The zero-order chi connectivity index (χ0) is 12.0. The molecule has 0 aromatic heterocycles. The number of benzene rings is 1. The Kier molecular flexibility index (Phi) is 4.79. The van der Waals surface area contributed by atoms with Crippen LogP contribution in [0.3, 0.4) is 0 Å². The van der Waals surface area contributed by atoms with Crippen LogP contribution in [0.2, 0.25) is 0 Å². The molecule has 1 rings (SSSR count). The topological polar surface area (TPSA) is 66.8 Å². The monoisotopic (exact) mass is 224 g/mol. The van der Waals surface area contributed by atoms with E-state index in [0.717, 1.165) is 17.7 Å². The van der Waals surface area contributed by atoms with Gasteiger partial charge in [0.1, 0.15) is 5.75 Å². The van der Waals surface area contributed by atoms with E-state index in [1.54, 1.807) is 7.11 Å². The quantitative estimate of drug-likeness (QED) is 0.767. The molecule has 0 aliphatic rings. The summed E-state index contributed by atoms with van der Waals surface area (Å²) in [5.41, 5.74) is 1.11. The molecule has 4 nitrogen and oxygen atoms in total. The van der Waals surface area contributed by atoms with Crippen molar-refractivity contribution in [3.8, 4) is 5.75 Å². The molecule has 0 radical (unpaired) electrons. The number of carbonyl (C=O) groups is 1. The van der Waals surface area contributed by atoms with Crippen molar-refractivity contribution >= 4 is 5.97 Å². The highest BCUT2D eigenvalue weighted by atomic mass is 16.5. The fourth-order valence-electron chi connectivity index (χ4n) is 1.42. The Labute approximate surface area is 94.5 Å². The lowest BCUT2D eigenvalue weighted by Crippen LogP contribution is -2.19. The number of aliphatic hydroxyl groups excluding tert-OH is 1. The molecule has 1 unspecified atom stereocenters. The summed E-state index contributed by atoms with van der Waals surface area (Å²) in [6.45, 7) is 0. The number of hydrogen-bond donors (Lipinski definition) is 2. The normalized spacial score (nSPS) is 12.1. The van der Waals surface area contributed by atoms with Crippen LogP contribution < -0.4 is 4.74 Å². The van der Waals surface area contributed by atoms with E-state index in [2.05, 4.69) is 0 Å². The van der Waals surface area contributed by atoms with Crippen LogP contribution in [-0.2, 0) is 11.2 Å². The van der Waals surface area contributed by atoms with E-state index >= 15 is 0 Å². The molecule has 1 aromatic carbocycles. The largest absolute Gasteiger partial charge is 0.497 e. The number of rotatable bonds is 6. The van der Waals surface area contributed by atoms with E-state index in [-0.39, 0.29) is 6.42 Å². The zero-order valence-corrected chi connectivity index (χ0v) is 9.22. The number of aliphatic carboxylic acids is 1. The van der Waals surface area contributed by atoms with Crippen LogP contribution in [0.15, 0.2) is 24.3 Å². The second-order valence-corrected chi connectivity index (χ2v) is 3.59. The Morgan fingerprint density at radius 3 is 2.50 bits per heavy atom. The molecule has 4 heteroatoms. The van der Waals surface area contributed by atoms with Gasteiger partial charge >= 0.3 is 5.97 Å². The molecule has 0 saturated carbocycles. The SMILES string of the molecule is COc1ccc(CCCC(O)C(=O)O)cc1.